The highest BCUT2D eigenvalue weighted by atomic mass is 79.9. The van der Waals surface area contributed by atoms with Gasteiger partial charge in [0.1, 0.15) is 29.4 Å². The molecule has 14 aromatic carbocycles. The van der Waals surface area contributed by atoms with E-state index in [0.29, 0.717) is 98.2 Å². The molecule has 0 bridgehead atoms. The number of carboxylic acids is 1. The molecule has 650 valence electrons. The molecule has 131 heavy (non-hydrogen) atoms. The van der Waals surface area contributed by atoms with Gasteiger partial charge < -0.3 is 55.0 Å². The Bertz CT molecular complexity index is 6480. The van der Waals surface area contributed by atoms with Gasteiger partial charge >= 0.3 is 18.3 Å². The number of nitrogens with zero attached hydrogens (tertiary/aromatic N) is 8. The highest BCUT2D eigenvalue weighted by Gasteiger charge is 2.31. The number of nitrogens with two attached hydrogens (primary N) is 1. The van der Waals surface area contributed by atoms with Crippen molar-refractivity contribution in [3.63, 3.8) is 0 Å². The molecule has 0 spiro atoms. The van der Waals surface area contributed by atoms with Crippen LogP contribution in [0.3, 0.4) is 0 Å². The van der Waals surface area contributed by atoms with Gasteiger partial charge in [0.2, 0.25) is 23.7 Å². The maximum atomic E-state index is 10.9. The predicted molar refractivity (Wildman–Crippen MR) is 541 cm³/mol. The van der Waals surface area contributed by atoms with E-state index >= 15 is 0 Å². The number of fused-ring (bicyclic) bond motifs is 6. The number of aromatic carboxylic acids is 1. The number of carbonyl (C=O) groups excluding carboxylic acids is 3. The number of halogens is 11. The second-order valence-corrected chi connectivity index (χ2v) is 40.2. The number of amides is 2. The zero-order chi connectivity index (χ0) is 93.6. The summed E-state index contributed by atoms with van der Waals surface area (Å²) in [7, 11) is -1.45. The molecule has 3 heterocycles. The van der Waals surface area contributed by atoms with Gasteiger partial charge in [-0.1, -0.05) is 205 Å². The number of ether oxygens (including phenoxy) is 4. The maximum Gasteiger partial charge on any atom is 0.488 e. The third-order valence-corrected chi connectivity index (χ3v) is 24.1. The second kappa shape index (κ2) is 47.1. The van der Waals surface area contributed by atoms with Crippen LogP contribution in [0.1, 0.15) is 67.4 Å². The summed E-state index contributed by atoms with van der Waals surface area (Å²) in [4.78, 5) is 56.7. The van der Waals surface area contributed by atoms with Crippen LogP contribution >= 0.6 is 166 Å². The standard InChI is InChI=1S/C44H26N4O2.C19H15BO3.C8H6Br2N2O2.2C8H2Br2N2.C8H4Br2O4.CH4.Cl3OP/c1-46-36-27-34(29-18-22-32(23-19-29)47-37-10-2-6-14-41(37)49-42-15-7-3-11-38(42)47)31(28-45)26-35(36)30-20-24-33(25-21-30)48-39-12-4-8-16-43(39)50-44-17-9-5-13-40(44)48;21-20(22)14-11-9-13(10-12-14)19-15-5-1-3-7-17(15)23-18-8-4-2-6-16(18)19;9-5-2-7(12-3-13)6(10)1-4(5)8(11)14;2*1-12-8-3-6(9)5(4-11)2-7(8)10;9-5-2-7(14-3-11)6(10)1-4(5)8(12)13;;1-5(2,3)4/h2-27H;1-12,19,21-22H;1-3H,(H2,11,14)(H,12,13);2*2-3H;1-3H,(H,12,13);1H4;. The first-order valence-corrected chi connectivity index (χ1v) is 48.0. The average molecular weight is 2330 g/mol. The Morgan fingerprint density at radius 1 is 0.466 bits per heavy atom. The summed E-state index contributed by atoms with van der Waals surface area (Å²) >= 11 is 39.1. The van der Waals surface area contributed by atoms with E-state index in [2.05, 4.69) is 214 Å². The second-order valence-electron chi connectivity index (χ2n) is 26.8. The lowest BCUT2D eigenvalue weighted by atomic mass is 9.77. The van der Waals surface area contributed by atoms with Crippen molar-refractivity contribution < 1.29 is 57.8 Å². The summed E-state index contributed by atoms with van der Waals surface area (Å²) in [6.07, 6.45) is 0.552. The molecule has 14 aromatic rings. The van der Waals surface area contributed by atoms with E-state index < -0.39 is 24.2 Å². The minimum Gasteiger partial charge on any atom is -0.478 e. The SMILES string of the molecule is C.NC(=O)c1cc(Br)c(NC=O)cc1Br.O=COc1cc(Br)c(C(=O)O)cc1Br.O=P(Cl)(Cl)Cl.OB(O)c1ccc(C2c3ccccc3Oc3ccccc32)cc1.[C-]#[N+]c1cc(-c2ccc(N3c4ccccc4Oc4ccccc43)cc2)c(C#N)cc1-c1ccc(N2c3ccccc3Oc3ccccc32)cc1.[C-]#[N+]c1cc(Br)c(C#N)cc1Br.[C-]#[N+]c1cc(Br)c(C#N)cc1Br. The van der Waals surface area contributed by atoms with Crippen molar-refractivity contribution >= 4 is 261 Å². The summed E-state index contributed by atoms with van der Waals surface area (Å²) < 4.78 is 37.0. The van der Waals surface area contributed by atoms with Crippen LogP contribution in [0.15, 0.2) is 315 Å². The van der Waals surface area contributed by atoms with E-state index in [4.69, 9.17) is 55.3 Å². The first-order valence-electron chi connectivity index (χ1n) is 37.3. The lowest BCUT2D eigenvalue weighted by Gasteiger charge is -2.32. The number of para-hydroxylation sites is 10. The fourth-order valence-electron chi connectivity index (χ4n) is 13.1. The molecule has 0 saturated heterocycles. The number of benzene rings is 14. The van der Waals surface area contributed by atoms with Crippen LogP contribution in [0.5, 0.6) is 40.2 Å². The molecule has 6 N–H and O–H groups in total. The van der Waals surface area contributed by atoms with Crippen LogP contribution in [-0.2, 0) is 14.2 Å². The third-order valence-electron chi connectivity index (χ3n) is 18.9. The molecular formula is C96H59BBr8Cl3N10O12P. The van der Waals surface area contributed by atoms with E-state index in [1.165, 1.54) is 18.2 Å². The Labute approximate surface area is 834 Å². The van der Waals surface area contributed by atoms with E-state index in [1.54, 1.807) is 42.5 Å². The lowest BCUT2D eigenvalue weighted by molar-refractivity contribution is -0.120. The lowest BCUT2D eigenvalue weighted by Crippen LogP contribution is -2.29. The molecule has 0 aromatic heterocycles. The molecule has 0 saturated carbocycles. The number of nitriles is 3. The van der Waals surface area contributed by atoms with Crippen molar-refractivity contribution in [1.29, 1.82) is 15.8 Å². The molecule has 0 radical (unpaired) electrons. The number of primary amides is 1. The summed E-state index contributed by atoms with van der Waals surface area (Å²) in [6, 6.07) is 94.0. The maximum absolute atomic E-state index is 10.9. The summed E-state index contributed by atoms with van der Waals surface area (Å²) in [6.45, 7) is 22.0. The third kappa shape index (κ3) is 25.3. The smallest absolute Gasteiger partial charge is 0.478 e. The zero-order valence-corrected chi connectivity index (χ0v) is 82.0. The molecule has 0 atom stereocenters. The number of rotatable bonds is 12. The van der Waals surface area contributed by atoms with Crippen molar-refractivity contribution in [2.45, 2.75) is 13.3 Å². The Morgan fingerprint density at radius 3 is 1.23 bits per heavy atom. The topological polar surface area (TPSA) is 312 Å². The number of carbonyl (C=O) groups is 4. The highest BCUT2D eigenvalue weighted by molar-refractivity contribution is 9.12. The fraction of sp³-hybridized carbons (Fsp3) is 0.0208. The molecular weight excluding hydrogens is 2270 g/mol. The van der Waals surface area contributed by atoms with Crippen molar-refractivity contribution in [2.75, 3.05) is 15.1 Å². The van der Waals surface area contributed by atoms with Gasteiger partial charge in [0.05, 0.1) is 86.5 Å². The van der Waals surface area contributed by atoms with Gasteiger partial charge in [-0.15, -0.1) is 0 Å². The Hall–Kier alpha value is -12.2. The zero-order valence-electron chi connectivity index (χ0n) is 66.1. The van der Waals surface area contributed by atoms with Gasteiger partial charge in [-0.05, 0) is 276 Å². The minimum atomic E-state index is -3.22. The van der Waals surface area contributed by atoms with Crippen LogP contribution in [0.25, 0.3) is 36.8 Å². The highest BCUT2D eigenvalue weighted by Crippen LogP contribution is 2.61. The van der Waals surface area contributed by atoms with Crippen molar-refractivity contribution in [3.05, 3.63) is 394 Å². The fourth-order valence-corrected chi connectivity index (χ4v) is 16.7. The van der Waals surface area contributed by atoms with Gasteiger partial charge in [0, 0.05) is 59.7 Å². The largest absolute Gasteiger partial charge is 0.488 e. The Morgan fingerprint density at radius 2 is 0.847 bits per heavy atom. The van der Waals surface area contributed by atoms with E-state index in [0.717, 1.165) is 102 Å². The Balaban J connectivity index is 0.000000182. The van der Waals surface area contributed by atoms with Crippen LogP contribution in [0.4, 0.5) is 56.9 Å². The summed E-state index contributed by atoms with van der Waals surface area (Å²) in [5, 5.41) is 54.1. The van der Waals surface area contributed by atoms with Crippen LogP contribution in [-0.4, -0.2) is 47.0 Å². The molecule has 0 aliphatic carbocycles. The van der Waals surface area contributed by atoms with Crippen molar-refractivity contribution in [1.82, 2.24) is 0 Å². The molecule has 3 aliphatic heterocycles. The van der Waals surface area contributed by atoms with Crippen LogP contribution < -0.4 is 45.3 Å². The minimum absolute atomic E-state index is 0. The van der Waals surface area contributed by atoms with Crippen molar-refractivity contribution in [3.8, 4) is 80.7 Å². The quantitative estimate of drug-likeness (QED) is 0.0328. The van der Waals surface area contributed by atoms with Crippen molar-refractivity contribution in [2.24, 2.45) is 5.73 Å². The molecule has 17 rings (SSSR count). The molecule has 35 heteroatoms. The van der Waals surface area contributed by atoms with Gasteiger partial charge in [0.25, 0.3) is 6.47 Å². The predicted octanol–water partition coefficient (Wildman–Crippen LogP) is 30.3. The molecule has 0 fully saturated rings. The van der Waals surface area contributed by atoms with Gasteiger partial charge in [-0.3, -0.25) is 18.9 Å². The average Bonchev–Trinajstić information content (AvgIpc) is 0.768. The van der Waals surface area contributed by atoms with Gasteiger partial charge in [-0.2, -0.15) is 15.8 Å². The van der Waals surface area contributed by atoms with Gasteiger partial charge in [0.15, 0.2) is 28.7 Å². The number of nitrogens with one attached hydrogen (secondary N) is 1. The number of hydrogen-bond acceptors (Lipinski definition) is 16. The number of carboxylic acid groups (broad SMARTS) is 1. The summed E-state index contributed by atoms with van der Waals surface area (Å²) in [5.41, 5.74) is 21.9. The summed E-state index contributed by atoms with van der Waals surface area (Å²) in [5.74, 6) is 3.60. The van der Waals surface area contributed by atoms with Crippen LogP contribution in [0.2, 0.25) is 0 Å². The Kier molecular flexibility index (Phi) is 36.3. The molecule has 0 unspecified atom stereocenters. The molecule has 3 aliphatic rings. The number of anilines is 7. The molecule has 22 nitrogen and oxygen atoms in total. The van der Waals surface area contributed by atoms with E-state index in [1.807, 2.05) is 218 Å². The first kappa shape index (κ1) is 101. The van der Waals surface area contributed by atoms with E-state index in [9.17, 15) is 39.1 Å². The van der Waals surface area contributed by atoms with E-state index in [-0.39, 0.29) is 31.1 Å². The first-order chi connectivity index (χ1) is 62.4. The monoisotopic (exact) mass is 2320 g/mol. The normalized spacial score (nSPS) is 11.0. The van der Waals surface area contributed by atoms with Crippen LogP contribution in [0, 0.1) is 53.7 Å². The van der Waals surface area contributed by atoms with Gasteiger partial charge in [-0.25, -0.2) is 19.3 Å². The number of hydrogen-bond donors (Lipinski definition) is 5. The molecule has 2 amide bonds.